The third kappa shape index (κ3) is 5.38. The minimum Gasteiger partial charge on any atom is -0.373 e. The maximum absolute atomic E-state index is 13.7. The molecule has 3 aromatic heterocycles. The van der Waals surface area contributed by atoms with Crippen molar-refractivity contribution in [1.29, 1.82) is 0 Å². The summed E-state index contributed by atoms with van der Waals surface area (Å²) in [5.74, 6) is 0.357. The third-order valence-electron chi connectivity index (χ3n) is 7.38. The minimum atomic E-state index is -2.87. The van der Waals surface area contributed by atoms with Gasteiger partial charge in [0, 0.05) is 25.8 Å². The van der Waals surface area contributed by atoms with Gasteiger partial charge in [-0.2, -0.15) is 0 Å². The van der Waals surface area contributed by atoms with Gasteiger partial charge in [0.25, 0.3) is 12.3 Å². The smallest absolute Gasteiger partial charge is 0.333 e. The lowest BCUT2D eigenvalue weighted by Crippen LogP contribution is -2.39. The van der Waals surface area contributed by atoms with E-state index in [-0.39, 0.29) is 28.2 Å². The first-order chi connectivity index (χ1) is 18.8. The van der Waals surface area contributed by atoms with Crippen LogP contribution >= 0.6 is 11.6 Å². The van der Waals surface area contributed by atoms with Gasteiger partial charge in [0.1, 0.15) is 11.5 Å². The Kier molecular flexibility index (Phi) is 7.65. The van der Waals surface area contributed by atoms with Gasteiger partial charge in [0.05, 0.1) is 33.5 Å². The zero-order valence-electron chi connectivity index (χ0n) is 21.6. The fourth-order valence-electron chi connectivity index (χ4n) is 5.35. The molecule has 1 aromatic carbocycles. The van der Waals surface area contributed by atoms with Gasteiger partial charge in [-0.05, 0) is 68.4 Å². The average Bonchev–Trinajstić information content (AvgIpc) is 3.20. The highest BCUT2D eigenvalue weighted by atomic mass is 35.5. The van der Waals surface area contributed by atoms with Crippen molar-refractivity contribution >= 4 is 34.4 Å². The lowest BCUT2D eigenvalue weighted by atomic mass is 9.85. The molecule has 3 heterocycles. The number of fused-ring (bicyclic) bond motifs is 1. The summed E-state index contributed by atoms with van der Waals surface area (Å²) in [5.41, 5.74) is 2.43. The Morgan fingerprint density at radius 3 is 2.49 bits per heavy atom. The van der Waals surface area contributed by atoms with Crippen LogP contribution in [-0.4, -0.2) is 38.1 Å². The molecule has 2 N–H and O–H groups in total. The summed E-state index contributed by atoms with van der Waals surface area (Å²) in [4.78, 5) is 34.5. The minimum absolute atomic E-state index is 0.123. The third-order valence-corrected chi connectivity index (χ3v) is 7.58. The number of halogens is 3. The number of anilines is 1. The van der Waals surface area contributed by atoms with Gasteiger partial charge in [-0.3, -0.25) is 18.9 Å². The molecule has 1 fully saturated rings. The predicted molar refractivity (Wildman–Crippen MR) is 147 cm³/mol. The van der Waals surface area contributed by atoms with Crippen LogP contribution in [0.4, 0.5) is 14.6 Å². The number of hydrogen-bond acceptors (Lipinski definition) is 5. The lowest BCUT2D eigenvalue weighted by Gasteiger charge is -2.29. The molecular weight excluding hydrogens is 526 g/mol. The van der Waals surface area contributed by atoms with E-state index in [2.05, 4.69) is 20.6 Å². The Bertz CT molecular complexity index is 1580. The number of para-hydroxylation sites is 2. The molecular formula is C28H29ClF2N6O2. The van der Waals surface area contributed by atoms with Gasteiger partial charge < -0.3 is 10.6 Å². The molecule has 5 rings (SSSR count). The maximum Gasteiger partial charge on any atom is 0.333 e. The number of rotatable bonds is 7. The number of carbonyl (C=O) groups is 1. The largest absolute Gasteiger partial charge is 0.373 e. The highest BCUT2D eigenvalue weighted by Gasteiger charge is 2.27. The first kappa shape index (κ1) is 26.8. The standard InChI is InChI=1S/C28H29ClF2N6O2/c1-16-11-24(32-2)33-14-23(16)37-22-6-4-3-5-21(22)36(28(37)39)15-17-7-9-19(10-8-17)35-27(38)20-12-18(29)13-34-25(20)26(30)31/h3-6,11-14,17,19,26H,7-10,15H2,1-2H3,(H,32,33)(H,35,38)/t17-,19-. The fourth-order valence-corrected chi connectivity index (χ4v) is 5.51. The molecule has 0 aliphatic heterocycles. The SMILES string of the molecule is CNc1cc(C)c(-n2c(=O)n(C[C@H]3CC[C@H](NC(=O)c4cc(Cl)cnc4C(F)F)CC3)c3ccccc32)cn1. The summed E-state index contributed by atoms with van der Waals surface area (Å²) in [6.45, 7) is 2.50. The number of hydrogen-bond donors (Lipinski definition) is 2. The molecule has 11 heteroatoms. The molecule has 4 aromatic rings. The monoisotopic (exact) mass is 554 g/mol. The van der Waals surface area contributed by atoms with Crippen LogP contribution in [0.1, 0.15) is 53.7 Å². The number of carbonyl (C=O) groups excluding carboxylic acids is 1. The first-order valence-corrected chi connectivity index (χ1v) is 13.2. The molecule has 8 nitrogen and oxygen atoms in total. The maximum atomic E-state index is 13.7. The van der Waals surface area contributed by atoms with Crippen LogP contribution in [0.3, 0.4) is 0 Å². The van der Waals surface area contributed by atoms with Crippen molar-refractivity contribution in [2.75, 3.05) is 12.4 Å². The first-order valence-electron chi connectivity index (χ1n) is 12.9. The van der Waals surface area contributed by atoms with E-state index in [9.17, 15) is 18.4 Å². The number of aryl methyl sites for hydroxylation is 1. The highest BCUT2D eigenvalue weighted by Crippen LogP contribution is 2.29. The van der Waals surface area contributed by atoms with Crippen LogP contribution in [-0.2, 0) is 6.54 Å². The van der Waals surface area contributed by atoms with Crippen molar-refractivity contribution in [1.82, 2.24) is 24.4 Å². The van der Waals surface area contributed by atoms with Crippen LogP contribution < -0.4 is 16.3 Å². The second-order valence-electron chi connectivity index (χ2n) is 9.90. The van der Waals surface area contributed by atoms with Crippen LogP contribution in [0.5, 0.6) is 0 Å². The second-order valence-corrected chi connectivity index (χ2v) is 10.3. The molecule has 39 heavy (non-hydrogen) atoms. The van der Waals surface area contributed by atoms with E-state index in [1.54, 1.807) is 17.8 Å². The molecule has 0 radical (unpaired) electrons. The van der Waals surface area contributed by atoms with E-state index >= 15 is 0 Å². The lowest BCUT2D eigenvalue weighted by molar-refractivity contribution is 0.0904. The summed E-state index contributed by atoms with van der Waals surface area (Å²) in [5, 5.41) is 6.02. The van der Waals surface area contributed by atoms with Crippen molar-refractivity contribution in [2.24, 2.45) is 5.92 Å². The van der Waals surface area contributed by atoms with Gasteiger partial charge in [-0.25, -0.2) is 18.6 Å². The molecule has 204 valence electrons. The molecule has 0 bridgehead atoms. The van der Waals surface area contributed by atoms with Crippen LogP contribution in [0.15, 0.2) is 53.6 Å². The molecule has 1 amide bonds. The number of pyridine rings is 2. The van der Waals surface area contributed by atoms with Crippen molar-refractivity contribution < 1.29 is 13.6 Å². The van der Waals surface area contributed by atoms with Gasteiger partial charge in [0.15, 0.2) is 0 Å². The Morgan fingerprint density at radius 1 is 1.10 bits per heavy atom. The van der Waals surface area contributed by atoms with Crippen molar-refractivity contribution in [3.8, 4) is 5.69 Å². The summed E-state index contributed by atoms with van der Waals surface area (Å²) < 4.78 is 30.2. The van der Waals surface area contributed by atoms with Gasteiger partial charge >= 0.3 is 5.69 Å². The highest BCUT2D eigenvalue weighted by molar-refractivity contribution is 6.30. The number of aromatic nitrogens is 4. The molecule has 0 saturated heterocycles. The van der Waals surface area contributed by atoms with E-state index in [1.807, 2.05) is 41.8 Å². The molecule has 0 spiro atoms. The van der Waals surface area contributed by atoms with Crippen molar-refractivity contribution in [2.45, 2.75) is 51.6 Å². The van der Waals surface area contributed by atoms with Crippen molar-refractivity contribution in [3.63, 3.8) is 0 Å². The number of nitrogens with one attached hydrogen (secondary N) is 2. The molecule has 0 atom stereocenters. The average molecular weight is 555 g/mol. The molecule has 0 unspecified atom stereocenters. The van der Waals surface area contributed by atoms with E-state index in [0.717, 1.165) is 47.1 Å². The fraction of sp³-hybridized carbons (Fsp3) is 0.357. The summed E-state index contributed by atoms with van der Waals surface area (Å²) >= 11 is 5.90. The summed E-state index contributed by atoms with van der Waals surface area (Å²) in [7, 11) is 1.80. The normalized spacial score (nSPS) is 17.5. The molecule has 1 aliphatic carbocycles. The van der Waals surface area contributed by atoms with E-state index in [1.165, 1.54) is 6.07 Å². The van der Waals surface area contributed by atoms with E-state index in [4.69, 9.17) is 11.6 Å². The number of benzene rings is 1. The van der Waals surface area contributed by atoms with Crippen LogP contribution in [0.25, 0.3) is 16.7 Å². The summed E-state index contributed by atoms with van der Waals surface area (Å²) in [6, 6.07) is 10.7. The van der Waals surface area contributed by atoms with E-state index in [0.29, 0.717) is 19.4 Å². The number of imidazole rings is 1. The Hall–Kier alpha value is -3.79. The van der Waals surface area contributed by atoms with Gasteiger partial charge in [-0.1, -0.05) is 23.7 Å². The van der Waals surface area contributed by atoms with Gasteiger partial charge in [0.2, 0.25) is 0 Å². The zero-order valence-corrected chi connectivity index (χ0v) is 22.4. The number of amides is 1. The Balaban J connectivity index is 1.32. The van der Waals surface area contributed by atoms with Gasteiger partial charge in [-0.15, -0.1) is 0 Å². The zero-order chi connectivity index (χ0) is 27.7. The number of nitrogens with zero attached hydrogens (tertiary/aromatic N) is 4. The molecule has 1 saturated carbocycles. The second kappa shape index (κ2) is 11.1. The quantitative estimate of drug-likeness (QED) is 0.314. The molecule has 1 aliphatic rings. The van der Waals surface area contributed by atoms with Crippen LogP contribution in [0.2, 0.25) is 5.02 Å². The Labute approximate surface area is 229 Å². The predicted octanol–water partition coefficient (Wildman–Crippen LogP) is 5.51. The Morgan fingerprint density at radius 2 is 1.82 bits per heavy atom. The van der Waals surface area contributed by atoms with E-state index < -0.39 is 18.0 Å². The number of alkyl halides is 2. The van der Waals surface area contributed by atoms with Crippen molar-refractivity contribution in [3.05, 3.63) is 81.1 Å². The topological polar surface area (TPSA) is 93.8 Å². The summed E-state index contributed by atoms with van der Waals surface area (Å²) in [6.07, 6.45) is 2.86. The van der Waals surface area contributed by atoms with Crippen LogP contribution in [0, 0.1) is 12.8 Å².